The second-order valence-electron chi connectivity index (χ2n) is 5.48. The molecule has 1 saturated carbocycles. The van der Waals surface area contributed by atoms with Crippen molar-refractivity contribution in [2.24, 2.45) is 23.7 Å². The Hall–Kier alpha value is -1.69. The summed E-state index contributed by atoms with van der Waals surface area (Å²) in [5.74, 6) is -1.20. The first-order valence-electron chi connectivity index (χ1n) is 6.81. The molecule has 0 aromatic carbocycles. The van der Waals surface area contributed by atoms with Gasteiger partial charge >= 0.3 is 5.97 Å². The van der Waals surface area contributed by atoms with Gasteiger partial charge in [-0.2, -0.15) is 0 Å². The van der Waals surface area contributed by atoms with Gasteiger partial charge in [-0.1, -0.05) is 12.2 Å². The van der Waals surface area contributed by atoms with E-state index in [9.17, 15) is 14.4 Å². The van der Waals surface area contributed by atoms with E-state index in [1.807, 2.05) is 12.2 Å². The largest absolute Gasteiger partial charge is 0.462 e. The van der Waals surface area contributed by atoms with Gasteiger partial charge in [0.2, 0.25) is 11.8 Å². The third-order valence-electron chi connectivity index (χ3n) is 4.40. The fourth-order valence-electron chi connectivity index (χ4n) is 3.53. The Kier molecular flexibility index (Phi) is 3.33. The predicted octanol–water partition coefficient (Wildman–Crippen LogP) is -0.0169. The SMILES string of the molecule is COCCOC(=O)CN1C(=O)[C@@H]2[C@H](C1=O)[C@H]1C=C[C@@H]2C1. The van der Waals surface area contributed by atoms with E-state index in [2.05, 4.69) is 0 Å². The molecule has 0 aromatic heterocycles. The highest BCUT2D eigenvalue weighted by Gasteiger charge is 2.59. The number of fused-ring (bicyclic) bond motifs is 5. The zero-order valence-electron chi connectivity index (χ0n) is 11.3. The van der Waals surface area contributed by atoms with Crippen LogP contribution in [0.5, 0.6) is 0 Å². The number of carbonyl (C=O) groups excluding carboxylic acids is 3. The van der Waals surface area contributed by atoms with E-state index in [-0.39, 0.29) is 48.6 Å². The number of esters is 1. The summed E-state index contributed by atoms with van der Waals surface area (Å²) in [6, 6.07) is 0. The van der Waals surface area contributed by atoms with Crippen molar-refractivity contribution >= 4 is 17.8 Å². The maximum absolute atomic E-state index is 12.3. The Morgan fingerprint density at radius 2 is 1.80 bits per heavy atom. The van der Waals surface area contributed by atoms with Crippen molar-refractivity contribution in [3.05, 3.63) is 12.2 Å². The molecule has 0 aromatic rings. The van der Waals surface area contributed by atoms with Crippen LogP contribution in [0.2, 0.25) is 0 Å². The van der Waals surface area contributed by atoms with Crippen molar-refractivity contribution in [1.82, 2.24) is 4.90 Å². The zero-order valence-corrected chi connectivity index (χ0v) is 11.3. The molecule has 2 aliphatic carbocycles. The van der Waals surface area contributed by atoms with Crippen molar-refractivity contribution in [2.45, 2.75) is 6.42 Å². The van der Waals surface area contributed by atoms with Crippen LogP contribution in [0.1, 0.15) is 6.42 Å². The molecular formula is C14H17NO5. The number of imide groups is 1. The Morgan fingerprint density at radius 3 is 2.35 bits per heavy atom. The van der Waals surface area contributed by atoms with Crippen molar-refractivity contribution in [2.75, 3.05) is 26.9 Å². The monoisotopic (exact) mass is 279 g/mol. The van der Waals surface area contributed by atoms with Gasteiger partial charge in [-0.15, -0.1) is 0 Å². The maximum Gasteiger partial charge on any atom is 0.326 e. The second-order valence-corrected chi connectivity index (χ2v) is 5.48. The van der Waals surface area contributed by atoms with Crippen molar-refractivity contribution in [3.8, 4) is 0 Å². The second kappa shape index (κ2) is 5.01. The highest BCUT2D eigenvalue weighted by atomic mass is 16.6. The van der Waals surface area contributed by atoms with Crippen molar-refractivity contribution < 1.29 is 23.9 Å². The van der Waals surface area contributed by atoms with Gasteiger partial charge in [0.1, 0.15) is 13.2 Å². The number of rotatable bonds is 5. The van der Waals surface area contributed by atoms with Crippen LogP contribution in [-0.4, -0.2) is 49.6 Å². The summed E-state index contributed by atoms with van der Waals surface area (Å²) in [6.45, 7) is 0.145. The van der Waals surface area contributed by atoms with Gasteiger partial charge in [-0.3, -0.25) is 19.3 Å². The van der Waals surface area contributed by atoms with Gasteiger partial charge in [0, 0.05) is 7.11 Å². The molecule has 6 nitrogen and oxygen atoms in total. The molecule has 2 amide bonds. The summed E-state index contributed by atoms with van der Waals surface area (Å²) in [5.41, 5.74) is 0. The zero-order chi connectivity index (χ0) is 14.3. The third kappa shape index (κ3) is 1.95. The maximum atomic E-state index is 12.3. The summed E-state index contributed by atoms with van der Waals surface area (Å²) in [5, 5.41) is 0. The van der Waals surface area contributed by atoms with Crippen LogP contribution in [0.3, 0.4) is 0 Å². The Bertz CT molecular complexity index is 456. The first-order valence-corrected chi connectivity index (χ1v) is 6.81. The van der Waals surface area contributed by atoms with Gasteiger partial charge in [0.15, 0.2) is 0 Å². The average Bonchev–Trinajstić information content (AvgIpc) is 3.09. The summed E-state index contributed by atoms with van der Waals surface area (Å²) >= 11 is 0. The number of allylic oxidation sites excluding steroid dienone is 2. The minimum absolute atomic E-state index is 0.130. The summed E-state index contributed by atoms with van der Waals surface area (Å²) in [6.07, 6.45) is 4.94. The Morgan fingerprint density at radius 1 is 1.20 bits per heavy atom. The summed E-state index contributed by atoms with van der Waals surface area (Å²) in [4.78, 5) is 37.3. The van der Waals surface area contributed by atoms with Crippen molar-refractivity contribution in [3.63, 3.8) is 0 Å². The Labute approximate surface area is 116 Å². The molecule has 6 heteroatoms. The molecule has 108 valence electrons. The van der Waals surface area contributed by atoms with E-state index in [0.717, 1.165) is 11.3 Å². The first-order chi connectivity index (χ1) is 9.63. The van der Waals surface area contributed by atoms with Crippen molar-refractivity contribution in [1.29, 1.82) is 0 Å². The number of hydrogen-bond donors (Lipinski definition) is 0. The molecule has 4 atom stereocenters. The molecule has 0 N–H and O–H groups in total. The van der Waals surface area contributed by atoms with Gasteiger partial charge in [0.05, 0.1) is 18.4 Å². The first kappa shape index (κ1) is 13.3. The fraction of sp³-hybridized carbons (Fsp3) is 0.643. The number of nitrogens with zero attached hydrogens (tertiary/aromatic N) is 1. The quantitative estimate of drug-likeness (QED) is 0.306. The van der Waals surface area contributed by atoms with E-state index >= 15 is 0 Å². The van der Waals surface area contributed by atoms with Gasteiger partial charge < -0.3 is 9.47 Å². The van der Waals surface area contributed by atoms with E-state index in [4.69, 9.17) is 9.47 Å². The van der Waals surface area contributed by atoms with Gasteiger partial charge in [-0.25, -0.2) is 0 Å². The lowest BCUT2D eigenvalue weighted by atomic mass is 9.85. The van der Waals surface area contributed by atoms with Crippen LogP contribution in [0.4, 0.5) is 0 Å². The van der Waals surface area contributed by atoms with Crippen LogP contribution < -0.4 is 0 Å². The molecule has 1 saturated heterocycles. The molecule has 20 heavy (non-hydrogen) atoms. The van der Waals surface area contributed by atoms with Crippen LogP contribution >= 0.6 is 0 Å². The van der Waals surface area contributed by atoms with E-state index in [1.54, 1.807) is 0 Å². The fourth-order valence-corrected chi connectivity index (χ4v) is 3.53. The molecule has 3 aliphatic rings. The topological polar surface area (TPSA) is 72.9 Å². The lowest BCUT2D eigenvalue weighted by molar-refractivity contribution is -0.154. The molecule has 0 spiro atoms. The molecule has 0 unspecified atom stereocenters. The van der Waals surface area contributed by atoms with E-state index < -0.39 is 5.97 Å². The molecular weight excluding hydrogens is 262 g/mol. The number of methoxy groups -OCH3 is 1. The lowest BCUT2D eigenvalue weighted by Crippen LogP contribution is -2.38. The predicted molar refractivity (Wildman–Crippen MR) is 67.3 cm³/mol. The molecule has 2 fully saturated rings. The van der Waals surface area contributed by atoms with Gasteiger partial charge in [0.25, 0.3) is 0 Å². The van der Waals surface area contributed by atoms with Crippen LogP contribution in [-0.2, 0) is 23.9 Å². The summed E-state index contributed by atoms with van der Waals surface area (Å²) in [7, 11) is 1.51. The van der Waals surface area contributed by atoms with Gasteiger partial charge in [-0.05, 0) is 18.3 Å². The average molecular weight is 279 g/mol. The third-order valence-corrected chi connectivity index (χ3v) is 4.40. The summed E-state index contributed by atoms with van der Waals surface area (Å²) < 4.78 is 9.68. The number of hydrogen-bond acceptors (Lipinski definition) is 5. The van der Waals surface area contributed by atoms with E-state index in [0.29, 0.717) is 6.61 Å². The lowest BCUT2D eigenvalue weighted by Gasteiger charge is -2.16. The molecule has 1 heterocycles. The normalized spacial score (nSPS) is 34.0. The smallest absolute Gasteiger partial charge is 0.326 e. The Balaban J connectivity index is 1.63. The number of likely N-dealkylation sites (tertiary alicyclic amines) is 1. The number of amides is 2. The van der Waals surface area contributed by atoms with Crippen LogP contribution in [0, 0.1) is 23.7 Å². The minimum Gasteiger partial charge on any atom is -0.462 e. The molecule has 3 rings (SSSR count). The molecule has 1 aliphatic heterocycles. The van der Waals surface area contributed by atoms with Crippen LogP contribution in [0.25, 0.3) is 0 Å². The number of carbonyl (C=O) groups is 3. The minimum atomic E-state index is -0.566. The highest BCUT2D eigenvalue weighted by Crippen LogP contribution is 2.52. The highest BCUT2D eigenvalue weighted by molar-refractivity contribution is 6.08. The van der Waals surface area contributed by atoms with Crippen LogP contribution in [0.15, 0.2) is 12.2 Å². The van der Waals surface area contributed by atoms with E-state index in [1.165, 1.54) is 7.11 Å². The standard InChI is InChI=1S/C14H17NO5/c1-19-4-5-20-10(16)7-15-13(17)11-8-2-3-9(6-8)12(11)14(15)18/h2-3,8-9,11-12H,4-7H2,1H3/t8-,9+,11+,12-. The molecule has 0 radical (unpaired) electrons. The molecule has 2 bridgehead atoms. The number of ether oxygens (including phenoxy) is 2.